The maximum atomic E-state index is 11.0. The van der Waals surface area contributed by atoms with Crippen molar-refractivity contribution >= 4 is 0 Å². The van der Waals surface area contributed by atoms with E-state index in [1.54, 1.807) is 0 Å². The Kier molecular flexibility index (Phi) is 2.95. The maximum absolute atomic E-state index is 11.0. The Labute approximate surface area is 105 Å². The van der Waals surface area contributed by atoms with Crippen LogP contribution in [-0.4, -0.2) is 21.4 Å². The summed E-state index contributed by atoms with van der Waals surface area (Å²) in [7, 11) is 0. The molecule has 0 heterocycles. The second kappa shape index (κ2) is 3.83. The molecule has 0 aromatic heterocycles. The van der Waals surface area contributed by atoms with Gasteiger partial charge in [0, 0.05) is 5.41 Å². The molecule has 2 rings (SSSR count). The summed E-state index contributed by atoms with van der Waals surface area (Å²) in [5.74, 6) is 0.176. The van der Waals surface area contributed by atoms with Crippen molar-refractivity contribution in [3.8, 4) is 0 Å². The van der Waals surface area contributed by atoms with Crippen LogP contribution in [0.4, 0.5) is 0 Å². The standard InChI is InChI=1S/C15H26O2/c1-11-6-5-8-14(4)9-7-12(13(2,3)16)10-15(11,14)17/h12,16-17H,1,5-10H2,2-4H3. The van der Waals surface area contributed by atoms with Gasteiger partial charge >= 0.3 is 0 Å². The smallest absolute Gasteiger partial charge is 0.0911 e. The summed E-state index contributed by atoms with van der Waals surface area (Å²) in [6, 6.07) is 0. The van der Waals surface area contributed by atoms with Gasteiger partial charge in [0.15, 0.2) is 0 Å². The molecule has 17 heavy (non-hydrogen) atoms. The molecule has 2 aliphatic carbocycles. The highest BCUT2D eigenvalue weighted by Gasteiger charge is 2.55. The van der Waals surface area contributed by atoms with Crippen molar-refractivity contribution in [2.45, 2.75) is 70.5 Å². The molecule has 98 valence electrons. The van der Waals surface area contributed by atoms with E-state index in [1.807, 2.05) is 13.8 Å². The van der Waals surface area contributed by atoms with Gasteiger partial charge in [-0.05, 0) is 63.9 Å². The Morgan fingerprint density at radius 3 is 2.59 bits per heavy atom. The molecule has 2 N–H and O–H groups in total. The van der Waals surface area contributed by atoms with Crippen molar-refractivity contribution in [2.75, 3.05) is 0 Å². The number of hydrogen-bond donors (Lipinski definition) is 2. The third-order valence-corrected chi connectivity index (χ3v) is 5.38. The Bertz CT molecular complexity index is 328. The highest BCUT2D eigenvalue weighted by molar-refractivity contribution is 5.24. The first-order valence-corrected chi connectivity index (χ1v) is 6.82. The largest absolute Gasteiger partial charge is 0.390 e. The SMILES string of the molecule is C=C1CCCC2(C)CCC(C(C)(C)O)CC12O. The van der Waals surface area contributed by atoms with E-state index in [1.165, 1.54) is 0 Å². The van der Waals surface area contributed by atoms with Crippen LogP contribution in [0.5, 0.6) is 0 Å². The average Bonchev–Trinajstić information content (AvgIpc) is 2.19. The normalized spacial score (nSPS) is 43.4. The van der Waals surface area contributed by atoms with Crippen molar-refractivity contribution < 1.29 is 10.2 Å². The van der Waals surface area contributed by atoms with Crippen LogP contribution in [0.25, 0.3) is 0 Å². The zero-order valence-electron chi connectivity index (χ0n) is 11.4. The van der Waals surface area contributed by atoms with E-state index in [2.05, 4.69) is 13.5 Å². The third-order valence-electron chi connectivity index (χ3n) is 5.38. The number of aliphatic hydroxyl groups is 2. The fourth-order valence-electron chi connectivity index (χ4n) is 3.81. The fraction of sp³-hybridized carbons (Fsp3) is 0.867. The van der Waals surface area contributed by atoms with E-state index in [-0.39, 0.29) is 11.3 Å². The molecule has 0 aromatic rings. The first-order chi connectivity index (χ1) is 7.69. The van der Waals surface area contributed by atoms with E-state index in [0.29, 0.717) is 6.42 Å². The minimum atomic E-state index is -0.756. The van der Waals surface area contributed by atoms with Crippen molar-refractivity contribution in [2.24, 2.45) is 11.3 Å². The quantitative estimate of drug-likeness (QED) is 0.689. The lowest BCUT2D eigenvalue weighted by molar-refractivity contribution is -0.140. The van der Waals surface area contributed by atoms with Crippen LogP contribution in [0.3, 0.4) is 0 Å². The van der Waals surface area contributed by atoms with Crippen LogP contribution in [-0.2, 0) is 0 Å². The molecule has 3 atom stereocenters. The molecule has 0 aromatic carbocycles. The molecule has 0 bridgehead atoms. The topological polar surface area (TPSA) is 40.5 Å². The lowest BCUT2D eigenvalue weighted by atomic mass is 9.52. The van der Waals surface area contributed by atoms with Gasteiger partial charge in [0.05, 0.1) is 11.2 Å². The monoisotopic (exact) mass is 238 g/mol. The minimum Gasteiger partial charge on any atom is -0.390 e. The van der Waals surface area contributed by atoms with Gasteiger partial charge in [0.2, 0.25) is 0 Å². The number of fused-ring (bicyclic) bond motifs is 1. The highest BCUT2D eigenvalue weighted by Crippen LogP contribution is 2.57. The molecule has 0 saturated heterocycles. The molecule has 3 unspecified atom stereocenters. The van der Waals surface area contributed by atoms with Crippen LogP contribution in [0.1, 0.15) is 59.3 Å². The molecule has 2 saturated carbocycles. The molecule has 0 spiro atoms. The van der Waals surface area contributed by atoms with Crippen molar-refractivity contribution in [1.82, 2.24) is 0 Å². The molecule has 2 nitrogen and oxygen atoms in total. The maximum Gasteiger partial charge on any atom is 0.0911 e. The summed E-state index contributed by atoms with van der Waals surface area (Å²) in [5.41, 5.74) is -0.493. The van der Waals surface area contributed by atoms with Gasteiger partial charge in [-0.2, -0.15) is 0 Å². The average molecular weight is 238 g/mol. The minimum absolute atomic E-state index is 0.0237. The first kappa shape index (κ1) is 13.1. The van der Waals surface area contributed by atoms with Gasteiger partial charge in [0.1, 0.15) is 0 Å². The summed E-state index contributed by atoms with van der Waals surface area (Å²) in [6.45, 7) is 10.0. The molecular formula is C15H26O2. The second-order valence-corrected chi connectivity index (χ2v) is 6.97. The Morgan fingerprint density at radius 2 is 2.00 bits per heavy atom. The third kappa shape index (κ3) is 1.96. The first-order valence-electron chi connectivity index (χ1n) is 6.82. The van der Waals surface area contributed by atoms with E-state index in [9.17, 15) is 10.2 Å². The van der Waals surface area contributed by atoms with Crippen molar-refractivity contribution in [1.29, 1.82) is 0 Å². The van der Waals surface area contributed by atoms with Gasteiger partial charge in [-0.3, -0.25) is 0 Å². The zero-order chi connectivity index (χ0) is 12.9. The van der Waals surface area contributed by atoms with Gasteiger partial charge < -0.3 is 10.2 Å². The molecule has 0 amide bonds. The van der Waals surface area contributed by atoms with E-state index in [0.717, 1.165) is 37.7 Å². The zero-order valence-corrected chi connectivity index (χ0v) is 11.4. The van der Waals surface area contributed by atoms with Crippen LogP contribution < -0.4 is 0 Å². The van der Waals surface area contributed by atoms with E-state index in [4.69, 9.17) is 0 Å². The van der Waals surface area contributed by atoms with Gasteiger partial charge in [0.25, 0.3) is 0 Å². The Morgan fingerprint density at radius 1 is 1.35 bits per heavy atom. The Balaban J connectivity index is 2.28. The molecular weight excluding hydrogens is 212 g/mol. The van der Waals surface area contributed by atoms with E-state index >= 15 is 0 Å². The molecule has 0 radical (unpaired) electrons. The summed E-state index contributed by atoms with van der Waals surface area (Å²) in [5, 5.41) is 21.2. The van der Waals surface area contributed by atoms with Gasteiger partial charge in [-0.25, -0.2) is 0 Å². The lowest BCUT2D eigenvalue weighted by Crippen LogP contribution is -2.56. The lowest BCUT2D eigenvalue weighted by Gasteiger charge is -2.56. The number of hydrogen-bond acceptors (Lipinski definition) is 2. The van der Waals surface area contributed by atoms with E-state index < -0.39 is 11.2 Å². The van der Waals surface area contributed by atoms with Crippen LogP contribution in [0, 0.1) is 11.3 Å². The van der Waals surface area contributed by atoms with Crippen LogP contribution >= 0.6 is 0 Å². The summed E-state index contributed by atoms with van der Waals surface area (Å²) < 4.78 is 0. The Hall–Kier alpha value is -0.340. The molecule has 2 heteroatoms. The van der Waals surface area contributed by atoms with Crippen molar-refractivity contribution in [3.05, 3.63) is 12.2 Å². The predicted molar refractivity (Wildman–Crippen MR) is 69.7 cm³/mol. The molecule has 2 fully saturated rings. The summed E-state index contributed by atoms with van der Waals surface area (Å²) in [6.07, 6.45) is 5.84. The van der Waals surface area contributed by atoms with Gasteiger partial charge in [-0.1, -0.05) is 13.5 Å². The predicted octanol–water partition coefficient (Wildman–Crippen LogP) is 3.03. The summed E-state index contributed by atoms with van der Waals surface area (Å²) in [4.78, 5) is 0. The van der Waals surface area contributed by atoms with Crippen LogP contribution in [0.2, 0.25) is 0 Å². The fourth-order valence-corrected chi connectivity index (χ4v) is 3.81. The van der Waals surface area contributed by atoms with Crippen LogP contribution in [0.15, 0.2) is 12.2 Å². The van der Waals surface area contributed by atoms with Gasteiger partial charge in [-0.15, -0.1) is 0 Å². The second-order valence-electron chi connectivity index (χ2n) is 6.97. The summed E-state index contributed by atoms with van der Waals surface area (Å²) >= 11 is 0. The number of rotatable bonds is 1. The van der Waals surface area contributed by atoms with Crippen molar-refractivity contribution in [3.63, 3.8) is 0 Å². The highest BCUT2D eigenvalue weighted by atomic mass is 16.3. The molecule has 0 aliphatic heterocycles. The molecule has 2 aliphatic rings.